The monoisotopic (exact) mass is 434 g/mol. The van der Waals surface area contributed by atoms with Crippen LogP contribution >= 0.6 is 11.6 Å². The average Bonchev–Trinajstić information content (AvgIpc) is 3.35. The summed E-state index contributed by atoms with van der Waals surface area (Å²) >= 11 is 6.47. The van der Waals surface area contributed by atoms with Crippen molar-refractivity contribution in [1.29, 1.82) is 0 Å². The van der Waals surface area contributed by atoms with E-state index in [0.29, 0.717) is 24.4 Å². The summed E-state index contributed by atoms with van der Waals surface area (Å²) in [5.41, 5.74) is 6.12. The molecule has 7 nitrogen and oxygen atoms in total. The van der Waals surface area contributed by atoms with Crippen LogP contribution in [-0.2, 0) is 14.3 Å². The lowest BCUT2D eigenvalue weighted by Gasteiger charge is -2.40. The van der Waals surface area contributed by atoms with Gasteiger partial charge in [-0.3, -0.25) is 14.5 Å². The van der Waals surface area contributed by atoms with Crippen LogP contribution in [0.25, 0.3) is 0 Å². The van der Waals surface area contributed by atoms with Gasteiger partial charge in [0.25, 0.3) is 0 Å². The fourth-order valence-corrected chi connectivity index (χ4v) is 5.10. The second-order valence-electron chi connectivity index (χ2n) is 10.1. The number of hydrogen-bond donors (Lipinski definition) is 2. The number of hydrogen-bond acceptors (Lipinski definition) is 5. The minimum absolute atomic E-state index is 0.00453. The fraction of sp³-hybridized carbons (Fsp3) is 0.682. The molecule has 0 aromatic carbocycles. The maximum Gasteiger partial charge on any atom is 0.231 e. The van der Waals surface area contributed by atoms with Crippen molar-refractivity contribution in [2.75, 3.05) is 6.54 Å². The van der Waals surface area contributed by atoms with Crippen LogP contribution in [0.15, 0.2) is 27.4 Å². The molecule has 3 atom stereocenters. The minimum Gasteiger partial charge on any atom is -0.492 e. The van der Waals surface area contributed by atoms with Gasteiger partial charge in [0.05, 0.1) is 18.0 Å². The van der Waals surface area contributed by atoms with Gasteiger partial charge in [0.15, 0.2) is 5.96 Å². The third-order valence-corrected chi connectivity index (χ3v) is 6.63. The Morgan fingerprint density at radius 1 is 1.40 bits per heavy atom. The van der Waals surface area contributed by atoms with E-state index < -0.39 is 5.54 Å². The standard InChI is InChI=1S/C22H31ClN4O3/c1-21(2)10-17(28)27(20(24)26-21)11-12-8-13(12)19(29)25-15-9-22(3,4)30-16-7-5-6-14(23)18(15)16/h6,12-13,15H,5,7-11H2,1-4H3,(H2,24,26)(H,25,29)/t12-,13?,15+/m1/s1. The number of nitrogens with two attached hydrogens (primary N) is 1. The summed E-state index contributed by atoms with van der Waals surface area (Å²) in [6.07, 6.45) is 5.39. The Balaban J connectivity index is 1.41. The number of halogens is 1. The summed E-state index contributed by atoms with van der Waals surface area (Å²) in [6, 6.07) is -0.161. The molecule has 2 heterocycles. The highest BCUT2D eigenvalue weighted by Crippen LogP contribution is 2.43. The van der Waals surface area contributed by atoms with Crippen molar-refractivity contribution in [3.8, 4) is 0 Å². The SMILES string of the molecule is CC1(C)CC(=O)N(C[C@H]2CC2C(=O)N[C@H]2CC(C)(C)OC3=C2C(Cl)=CCC3)C(N)=N1. The Labute approximate surface area is 182 Å². The molecule has 0 spiro atoms. The molecule has 0 aromatic heterocycles. The van der Waals surface area contributed by atoms with E-state index in [-0.39, 0.29) is 41.3 Å². The van der Waals surface area contributed by atoms with Gasteiger partial charge in [0.1, 0.15) is 11.4 Å². The zero-order valence-corrected chi connectivity index (χ0v) is 18.9. The largest absolute Gasteiger partial charge is 0.492 e. The number of guanidine groups is 1. The summed E-state index contributed by atoms with van der Waals surface area (Å²) in [6.45, 7) is 8.30. The quantitative estimate of drug-likeness (QED) is 0.710. The topological polar surface area (TPSA) is 97.0 Å². The van der Waals surface area contributed by atoms with Crippen molar-refractivity contribution < 1.29 is 14.3 Å². The number of ether oxygens (including phenoxy) is 1. The number of allylic oxidation sites excluding steroid dienone is 2. The van der Waals surface area contributed by atoms with Crippen LogP contribution < -0.4 is 11.1 Å². The average molecular weight is 435 g/mol. The van der Waals surface area contributed by atoms with E-state index in [1.807, 2.05) is 33.8 Å². The van der Waals surface area contributed by atoms with Crippen molar-refractivity contribution in [2.45, 2.75) is 77.0 Å². The lowest BCUT2D eigenvalue weighted by atomic mass is 9.86. The summed E-state index contributed by atoms with van der Waals surface area (Å²) in [7, 11) is 0. The molecule has 164 valence electrons. The summed E-state index contributed by atoms with van der Waals surface area (Å²) in [5, 5.41) is 3.88. The second kappa shape index (κ2) is 7.29. The van der Waals surface area contributed by atoms with Gasteiger partial charge in [-0.2, -0.15) is 0 Å². The van der Waals surface area contributed by atoms with Crippen molar-refractivity contribution >= 4 is 29.4 Å². The maximum atomic E-state index is 13.0. The van der Waals surface area contributed by atoms with Crippen LogP contribution in [0.4, 0.5) is 0 Å². The predicted octanol–water partition coefficient (Wildman–Crippen LogP) is 2.80. The van der Waals surface area contributed by atoms with Crippen LogP contribution in [-0.4, -0.2) is 46.4 Å². The number of nitrogens with one attached hydrogen (secondary N) is 1. The first kappa shape index (κ1) is 21.2. The first-order valence-electron chi connectivity index (χ1n) is 10.7. The summed E-state index contributed by atoms with van der Waals surface area (Å²) < 4.78 is 6.13. The van der Waals surface area contributed by atoms with Crippen molar-refractivity contribution in [3.05, 3.63) is 22.4 Å². The van der Waals surface area contributed by atoms with Gasteiger partial charge in [-0.15, -0.1) is 0 Å². The molecule has 8 heteroatoms. The minimum atomic E-state index is -0.466. The Hall–Kier alpha value is -2.02. The molecular formula is C22H31ClN4O3. The molecule has 2 aliphatic heterocycles. The van der Waals surface area contributed by atoms with Crippen LogP contribution in [0.1, 0.15) is 59.8 Å². The molecule has 3 N–H and O–H groups in total. The highest BCUT2D eigenvalue weighted by Gasteiger charge is 2.47. The molecule has 4 rings (SSSR count). The zero-order chi connectivity index (χ0) is 21.8. The number of nitrogens with zero attached hydrogens (tertiary/aromatic N) is 2. The van der Waals surface area contributed by atoms with Crippen molar-refractivity contribution in [3.63, 3.8) is 0 Å². The van der Waals surface area contributed by atoms with E-state index in [0.717, 1.165) is 30.6 Å². The van der Waals surface area contributed by atoms with E-state index in [1.165, 1.54) is 4.90 Å². The van der Waals surface area contributed by atoms with Crippen molar-refractivity contribution in [2.24, 2.45) is 22.6 Å². The third kappa shape index (κ3) is 4.22. The van der Waals surface area contributed by atoms with Crippen LogP contribution in [0.2, 0.25) is 0 Å². The second-order valence-corrected chi connectivity index (χ2v) is 10.5. The first-order chi connectivity index (χ1) is 14.0. The van der Waals surface area contributed by atoms with Gasteiger partial charge in [-0.25, -0.2) is 4.99 Å². The molecule has 0 aromatic rings. The van der Waals surface area contributed by atoms with Crippen LogP contribution in [0, 0.1) is 11.8 Å². The molecule has 0 saturated heterocycles. The Morgan fingerprint density at radius 2 is 2.13 bits per heavy atom. The number of carbonyl (C=O) groups is 2. The van der Waals surface area contributed by atoms with E-state index >= 15 is 0 Å². The van der Waals surface area contributed by atoms with E-state index in [1.54, 1.807) is 0 Å². The lowest BCUT2D eigenvalue weighted by molar-refractivity contribution is -0.130. The molecule has 2 aliphatic carbocycles. The van der Waals surface area contributed by atoms with Gasteiger partial charge < -0.3 is 15.8 Å². The summed E-state index contributed by atoms with van der Waals surface area (Å²) in [4.78, 5) is 31.4. The smallest absolute Gasteiger partial charge is 0.231 e. The molecule has 4 aliphatic rings. The van der Waals surface area contributed by atoms with Gasteiger partial charge in [0.2, 0.25) is 11.8 Å². The Morgan fingerprint density at radius 3 is 2.83 bits per heavy atom. The molecule has 30 heavy (non-hydrogen) atoms. The predicted molar refractivity (Wildman–Crippen MR) is 116 cm³/mol. The van der Waals surface area contributed by atoms with Gasteiger partial charge >= 0.3 is 0 Å². The van der Waals surface area contributed by atoms with E-state index in [2.05, 4.69) is 10.3 Å². The Kier molecular flexibility index (Phi) is 5.16. The lowest BCUT2D eigenvalue weighted by Crippen LogP contribution is -2.51. The van der Waals surface area contributed by atoms with E-state index in [4.69, 9.17) is 22.1 Å². The molecular weight excluding hydrogens is 404 g/mol. The van der Waals surface area contributed by atoms with Gasteiger partial charge in [-0.05, 0) is 46.5 Å². The molecule has 1 fully saturated rings. The molecule has 0 bridgehead atoms. The zero-order valence-electron chi connectivity index (χ0n) is 18.1. The molecule has 1 saturated carbocycles. The highest BCUT2D eigenvalue weighted by molar-refractivity contribution is 6.32. The van der Waals surface area contributed by atoms with Gasteiger partial charge in [0, 0.05) is 35.9 Å². The molecule has 2 amide bonds. The maximum absolute atomic E-state index is 13.0. The van der Waals surface area contributed by atoms with Crippen LogP contribution in [0.5, 0.6) is 0 Å². The number of aliphatic imine (C=N–C) groups is 1. The third-order valence-electron chi connectivity index (χ3n) is 6.27. The summed E-state index contributed by atoms with van der Waals surface area (Å²) in [5.74, 6) is 1.09. The van der Waals surface area contributed by atoms with Crippen LogP contribution in [0.3, 0.4) is 0 Å². The fourth-order valence-electron chi connectivity index (χ4n) is 4.75. The number of amides is 2. The molecule has 0 radical (unpaired) electrons. The normalized spacial score (nSPS) is 32.0. The van der Waals surface area contributed by atoms with Gasteiger partial charge in [-0.1, -0.05) is 17.7 Å². The molecule has 1 unspecified atom stereocenters. The van der Waals surface area contributed by atoms with Crippen molar-refractivity contribution in [1.82, 2.24) is 10.2 Å². The first-order valence-corrected chi connectivity index (χ1v) is 11.1. The number of rotatable bonds is 4. The highest BCUT2D eigenvalue weighted by atomic mass is 35.5. The Bertz CT molecular complexity index is 874. The van der Waals surface area contributed by atoms with E-state index in [9.17, 15) is 9.59 Å². The number of carbonyl (C=O) groups excluding carboxylic acids is 2.